The van der Waals surface area contributed by atoms with Gasteiger partial charge in [-0.15, -0.1) is 21.5 Å². The molecule has 9 heteroatoms. The van der Waals surface area contributed by atoms with Crippen molar-refractivity contribution in [3.8, 4) is 5.69 Å². The minimum atomic E-state index is -0.307. The van der Waals surface area contributed by atoms with Gasteiger partial charge in [-0.2, -0.15) is 0 Å². The maximum Gasteiger partial charge on any atom is 0.271 e. The Hall–Kier alpha value is -2.68. The summed E-state index contributed by atoms with van der Waals surface area (Å²) in [4.78, 5) is 16.9. The Morgan fingerprint density at radius 1 is 1.12 bits per heavy atom. The maximum absolute atomic E-state index is 12.4. The van der Waals surface area contributed by atoms with Gasteiger partial charge in [0.2, 0.25) is 0 Å². The van der Waals surface area contributed by atoms with Crippen LogP contribution in [0.25, 0.3) is 5.69 Å². The van der Waals surface area contributed by atoms with E-state index in [9.17, 15) is 4.79 Å². The lowest BCUT2D eigenvalue weighted by atomic mass is 10.1. The van der Waals surface area contributed by atoms with Crippen molar-refractivity contribution in [3.05, 3.63) is 87.1 Å². The van der Waals surface area contributed by atoms with Crippen LogP contribution in [0.2, 0.25) is 5.02 Å². The highest BCUT2D eigenvalue weighted by molar-refractivity contribution is 7.98. The SMILES string of the molecule is CC(C)(C)NC(=O)c1csc(CSc2nnc(Cc3ccccc3)n2-c2cccc(Cl)c2)n1. The van der Waals surface area contributed by atoms with Crippen molar-refractivity contribution in [2.75, 3.05) is 0 Å². The fraction of sp³-hybridized carbons (Fsp3) is 0.250. The normalized spacial score (nSPS) is 11.5. The number of nitrogens with zero attached hydrogens (tertiary/aromatic N) is 4. The van der Waals surface area contributed by atoms with Gasteiger partial charge in [0, 0.05) is 22.4 Å². The number of carbonyl (C=O) groups is 1. The number of carbonyl (C=O) groups excluding carboxylic acids is 1. The Balaban J connectivity index is 1.56. The predicted molar refractivity (Wildman–Crippen MR) is 135 cm³/mol. The molecule has 2 aromatic heterocycles. The zero-order valence-corrected chi connectivity index (χ0v) is 21.0. The molecule has 170 valence electrons. The van der Waals surface area contributed by atoms with E-state index in [4.69, 9.17) is 11.6 Å². The molecule has 0 fully saturated rings. The van der Waals surface area contributed by atoms with Crippen LogP contribution in [0, 0.1) is 0 Å². The molecule has 4 aromatic rings. The molecule has 2 aromatic carbocycles. The summed E-state index contributed by atoms with van der Waals surface area (Å²) in [6.07, 6.45) is 0.648. The summed E-state index contributed by atoms with van der Waals surface area (Å²) in [6, 6.07) is 17.8. The van der Waals surface area contributed by atoms with Gasteiger partial charge < -0.3 is 5.32 Å². The summed E-state index contributed by atoms with van der Waals surface area (Å²) >= 11 is 9.27. The number of nitrogens with one attached hydrogen (secondary N) is 1. The van der Waals surface area contributed by atoms with Gasteiger partial charge in [-0.3, -0.25) is 9.36 Å². The second kappa shape index (κ2) is 10.1. The van der Waals surface area contributed by atoms with Crippen LogP contribution < -0.4 is 5.32 Å². The molecular formula is C24H24ClN5OS2. The molecule has 2 heterocycles. The highest BCUT2D eigenvalue weighted by Crippen LogP contribution is 2.28. The van der Waals surface area contributed by atoms with Crippen LogP contribution in [0.1, 0.15) is 47.7 Å². The Bertz CT molecular complexity index is 1250. The Morgan fingerprint density at radius 3 is 2.64 bits per heavy atom. The van der Waals surface area contributed by atoms with E-state index in [1.165, 1.54) is 23.1 Å². The van der Waals surface area contributed by atoms with E-state index >= 15 is 0 Å². The number of rotatable bonds is 7. The van der Waals surface area contributed by atoms with Gasteiger partial charge in [0.05, 0.1) is 11.4 Å². The number of benzene rings is 2. The van der Waals surface area contributed by atoms with Crippen LogP contribution in [0.4, 0.5) is 0 Å². The predicted octanol–water partition coefficient (Wildman–Crippen LogP) is 5.79. The molecule has 33 heavy (non-hydrogen) atoms. The van der Waals surface area contributed by atoms with E-state index in [0.717, 1.165) is 27.2 Å². The molecule has 0 saturated carbocycles. The third-order valence-corrected chi connectivity index (χ3v) is 6.78. The Labute approximate surface area is 206 Å². The quantitative estimate of drug-likeness (QED) is 0.327. The first kappa shape index (κ1) is 23.5. The number of amides is 1. The van der Waals surface area contributed by atoms with Gasteiger partial charge in [0.15, 0.2) is 5.16 Å². The maximum atomic E-state index is 12.4. The number of hydrogen-bond acceptors (Lipinski definition) is 6. The molecule has 4 rings (SSSR count). The Kier molecular flexibility index (Phi) is 7.17. The van der Waals surface area contributed by atoms with E-state index in [0.29, 0.717) is 22.9 Å². The number of halogens is 1. The lowest BCUT2D eigenvalue weighted by Gasteiger charge is -2.19. The van der Waals surface area contributed by atoms with Crippen molar-refractivity contribution in [2.45, 2.75) is 43.6 Å². The minimum absolute atomic E-state index is 0.165. The van der Waals surface area contributed by atoms with E-state index in [-0.39, 0.29) is 11.4 Å². The largest absolute Gasteiger partial charge is 0.346 e. The number of hydrogen-bond donors (Lipinski definition) is 1. The summed E-state index contributed by atoms with van der Waals surface area (Å²) in [5, 5.41) is 15.9. The molecule has 0 radical (unpaired) electrons. The number of thioether (sulfide) groups is 1. The zero-order chi connectivity index (χ0) is 23.4. The van der Waals surface area contributed by atoms with Gasteiger partial charge >= 0.3 is 0 Å². The molecule has 0 spiro atoms. The summed E-state index contributed by atoms with van der Waals surface area (Å²) in [5.41, 5.74) is 2.19. The first-order valence-electron chi connectivity index (χ1n) is 10.4. The molecule has 1 amide bonds. The molecule has 0 unspecified atom stereocenters. The van der Waals surface area contributed by atoms with Crippen LogP contribution in [0.5, 0.6) is 0 Å². The number of thiazole rings is 1. The second-order valence-electron chi connectivity index (χ2n) is 8.50. The molecule has 0 bridgehead atoms. The van der Waals surface area contributed by atoms with E-state index in [2.05, 4.69) is 32.6 Å². The van der Waals surface area contributed by atoms with Crippen molar-refractivity contribution < 1.29 is 4.79 Å². The molecule has 1 N–H and O–H groups in total. The lowest BCUT2D eigenvalue weighted by molar-refractivity contribution is 0.0915. The second-order valence-corrected chi connectivity index (χ2v) is 10.8. The van der Waals surface area contributed by atoms with Crippen molar-refractivity contribution in [1.82, 2.24) is 25.1 Å². The fourth-order valence-electron chi connectivity index (χ4n) is 3.17. The molecule has 6 nitrogen and oxygen atoms in total. The molecule has 0 aliphatic heterocycles. The monoisotopic (exact) mass is 497 g/mol. The fourth-order valence-corrected chi connectivity index (χ4v) is 5.12. The molecule has 0 aliphatic carbocycles. The highest BCUT2D eigenvalue weighted by Gasteiger charge is 2.19. The molecule has 0 atom stereocenters. The summed E-state index contributed by atoms with van der Waals surface area (Å²) < 4.78 is 2.03. The first-order chi connectivity index (χ1) is 15.8. The van der Waals surface area contributed by atoms with Gasteiger partial charge in [-0.1, -0.05) is 59.8 Å². The molecule has 0 saturated heterocycles. The van der Waals surface area contributed by atoms with Crippen LogP contribution in [0.15, 0.2) is 65.1 Å². The van der Waals surface area contributed by atoms with E-state index in [1.54, 1.807) is 5.38 Å². The summed E-state index contributed by atoms with van der Waals surface area (Å²) in [5.74, 6) is 1.25. The first-order valence-corrected chi connectivity index (χ1v) is 12.7. The highest BCUT2D eigenvalue weighted by atomic mass is 35.5. The smallest absolute Gasteiger partial charge is 0.271 e. The minimum Gasteiger partial charge on any atom is -0.346 e. The van der Waals surface area contributed by atoms with E-state index < -0.39 is 0 Å². The molecular weight excluding hydrogens is 474 g/mol. The topological polar surface area (TPSA) is 72.7 Å². The lowest BCUT2D eigenvalue weighted by Crippen LogP contribution is -2.40. The Morgan fingerprint density at radius 2 is 1.91 bits per heavy atom. The summed E-state index contributed by atoms with van der Waals surface area (Å²) in [6.45, 7) is 5.84. The van der Waals surface area contributed by atoms with E-state index in [1.807, 2.05) is 67.8 Å². The third kappa shape index (κ3) is 6.22. The number of aromatic nitrogens is 4. The van der Waals surface area contributed by atoms with Gasteiger partial charge in [0.25, 0.3) is 5.91 Å². The van der Waals surface area contributed by atoms with Crippen molar-refractivity contribution in [3.63, 3.8) is 0 Å². The summed E-state index contributed by atoms with van der Waals surface area (Å²) in [7, 11) is 0. The van der Waals surface area contributed by atoms with Crippen molar-refractivity contribution in [2.24, 2.45) is 0 Å². The van der Waals surface area contributed by atoms with Crippen molar-refractivity contribution >= 4 is 40.6 Å². The van der Waals surface area contributed by atoms with Gasteiger partial charge in [-0.25, -0.2) is 4.98 Å². The average molecular weight is 498 g/mol. The van der Waals surface area contributed by atoms with Gasteiger partial charge in [-0.05, 0) is 44.5 Å². The van der Waals surface area contributed by atoms with Crippen LogP contribution >= 0.6 is 34.7 Å². The third-order valence-electron chi connectivity index (χ3n) is 4.57. The van der Waals surface area contributed by atoms with Crippen LogP contribution in [0.3, 0.4) is 0 Å². The standard InChI is InChI=1S/C24H24ClN5OS2/c1-24(2,3)27-22(31)19-14-32-21(26-19)15-33-23-29-28-20(12-16-8-5-4-6-9-16)30(23)18-11-7-10-17(25)13-18/h4-11,13-14H,12,15H2,1-3H3,(H,27,31). The zero-order valence-electron chi connectivity index (χ0n) is 18.6. The van der Waals surface area contributed by atoms with Crippen LogP contribution in [-0.2, 0) is 12.2 Å². The molecule has 0 aliphatic rings. The average Bonchev–Trinajstić information content (AvgIpc) is 3.39. The van der Waals surface area contributed by atoms with Crippen LogP contribution in [-0.4, -0.2) is 31.2 Å². The van der Waals surface area contributed by atoms with Crippen molar-refractivity contribution in [1.29, 1.82) is 0 Å². The van der Waals surface area contributed by atoms with Gasteiger partial charge in [0.1, 0.15) is 16.5 Å².